The fraction of sp³-hybridized carbons (Fsp3) is 0. The average Bonchev–Trinajstić information content (AvgIpc) is 3.90. The van der Waals surface area contributed by atoms with Gasteiger partial charge in [-0.1, -0.05) is 97.1 Å². The van der Waals surface area contributed by atoms with Crippen molar-refractivity contribution in [1.82, 2.24) is 15.0 Å². The lowest BCUT2D eigenvalue weighted by atomic mass is 9.98. The van der Waals surface area contributed by atoms with Gasteiger partial charge in [-0.3, -0.25) is 0 Å². The monoisotopic (exact) mass is 708 g/mol. The number of nitrogens with zero attached hydrogens (tertiary/aromatic N) is 4. The van der Waals surface area contributed by atoms with Gasteiger partial charge in [-0.15, -0.1) is 0 Å². The van der Waals surface area contributed by atoms with Crippen LogP contribution < -0.4 is 4.90 Å². The van der Waals surface area contributed by atoms with Crippen LogP contribution in [0.2, 0.25) is 0 Å². The molecule has 3 heterocycles. The first-order chi connectivity index (χ1) is 27.2. The molecule has 0 amide bonds. The number of pyridine rings is 1. The molecule has 0 aliphatic rings. The quantitative estimate of drug-likeness (QED) is 0.157. The molecule has 0 fully saturated rings. The van der Waals surface area contributed by atoms with Crippen molar-refractivity contribution in [1.29, 1.82) is 0 Å². The van der Waals surface area contributed by atoms with E-state index in [2.05, 4.69) is 114 Å². The molecule has 10 aromatic rings. The lowest BCUT2D eigenvalue weighted by Gasteiger charge is -2.25. The summed E-state index contributed by atoms with van der Waals surface area (Å²) in [6.45, 7) is 0. The summed E-state index contributed by atoms with van der Waals surface area (Å²) < 4.78 is 12.1. The second kappa shape index (κ2) is 13.8. The first-order valence-electron chi connectivity index (χ1n) is 18.2. The van der Waals surface area contributed by atoms with Gasteiger partial charge in [0.25, 0.3) is 0 Å². The fourth-order valence-electron chi connectivity index (χ4n) is 6.96. The van der Waals surface area contributed by atoms with E-state index in [9.17, 15) is 0 Å². The first-order valence-corrected chi connectivity index (χ1v) is 18.2. The highest BCUT2D eigenvalue weighted by atomic mass is 16.4. The van der Waals surface area contributed by atoms with Crippen LogP contribution in [0.3, 0.4) is 0 Å². The number of para-hydroxylation sites is 6. The third-order valence-electron chi connectivity index (χ3n) is 9.76. The van der Waals surface area contributed by atoms with Gasteiger partial charge in [0, 0.05) is 39.3 Å². The molecule has 6 nitrogen and oxygen atoms in total. The summed E-state index contributed by atoms with van der Waals surface area (Å²) in [7, 11) is 0. The van der Waals surface area contributed by atoms with Gasteiger partial charge in [0.1, 0.15) is 11.0 Å². The Bertz CT molecular complexity index is 2660. The molecule has 0 atom stereocenters. The Hall–Kier alpha value is -7.57. The number of anilines is 3. The molecule has 10 rings (SSSR count). The van der Waals surface area contributed by atoms with Crippen LogP contribution in [0.25, 0.3) is 78.7 Å². The number of rotatable bonds is 8. The van der Waals surface area contributed by atoms with Crippen LogP contribution in [0, 0.1) is 0 Å². The standard InChI is InChI=1S/C49H32N4O2/c1-3-11-39(12-4-1)53(40-13-5-2-6-14-40)41-29-27-33(28-30-41)38-31-44(34-19-23-36(24-20-34)48-51-42-15-7-9-17-46(42)54-48)50-45(32-38)35-21-25-37(26-22-35)49-52-43-16-8-10-18-47(43)55-49/h1-32H. The molecule has 0 aliphatic carbocycles. The van der Waals surface area contributed by atoms with Crippen molar-refractivity contribution < 1.29 is 8.83 Å². The molecule has 55 heavy (non-hydrogen) atoms. The molecular formula is C49H32N4O2. The lowest BCUT2D eigenvalue weighted by Crippen LogP contribution is -2.09. The van der Waals surface area contributed by atoms with E-state index in [1.807, 2.05) is 84.9 Å². The zero-order valence-corrected chi connectivity index (χ0v) is 29.6. The maximum absolute atomic E-state index is 6.05. The maximum atomic E-state index is 6.05. The Balaban J connectivity index is 1.03. The molecule has 6 heteroatoms. The van der Waals surface area contributed by atoms with Crippen LogP contribution >= 0.6 is 0 Å². The van der Waals surface area contributed by atoms with Gasteiger partial charge in [-0.25, -0.2) is 15.0 Å². The maximum Gasteiger partial charge on any atom is 0.227 e. The Morgan fingerprint density at radius 3 is 1.15 bits per heavy atom. The molecule has 0 aliphatic heterocycles. The highest BCUT2D eigenvalue weighted by Crippen LogP contribution is 2.37. The summed E-state index contributed by atoms with van der Waals surface area (Å²) in [5.41, 5.74) is 14.1. The largest absolute Gasteiger partial charge is 0.436 e. The van der Waals surface area contributed by atoms with Gasteiger partial charge in [-0.05, 0) is 108 Å². The summed E-state index contributed by atoms with van der Waals surface area (Å²) >= 11 is 0. The highest BCUT2D eigenvalue weighted by molar-refractivity contribution is 5.82. The minimum Gasteiger partial charge on any atom is -0.436 e. The summed E-state index contributed by atoms with van der Waals surface area (Å²) in [5.74, 6) is 1.18. The SMILES string of the molecule is c1ccc(N(c2ccccc2)c2ccc(-c3cc(-c4ccc(-c5nc6ccccc6o5)cc4)nc(-c4ccc(-c5nc6ccccc6o5)cc4)c3)cc2)cc1. The van der Waals surface area contributed by atoms with Crippen LogP contribution in [0.4, 0.5) is 17.1 Å². The topological polar surface area (TPSA) is 68.2 Å². The Kier molecular flexibility index (Phi) is 8.04. The van der Waals surface area contributed by atoms with Gasteiger partial charge >= 0.3 is 0 Å². The number of hydrogen-bond acceptors (Lipinski definition) is 6. The number of aromatic nitrogens is 3. The van der Waals surface area contributed by atoms with E-state index in [0.29, 0.717) is 11.8 Å². The van der Waals surface area contributed by atoms with Crippen LogP contribution in [0.1, 0.15) is 0 Å². The molecule has 0 unspecified atom stereocenters. The van der Waals surface area contributed by atoms with E-state index in [-0.39, 0.29) is 0 Å². The van der Waals surface area contributed by atoms with Gasteiger partial charge in [0.05, 0.1) is 11.4 Å². The van der Waals surface area contributed by atoms with Gasteiger partial charge < -0.3 is 13.7 Å². The molecule has 0 saturated carbocycles. The van der Waals surface area contributed by atoms with Crippen LogP contribution in [-0.2, 0) is 0 Å². The molecule has 0 spiro atoms. The van der Waals surface area contributed by atoms with Crippen molar-refractivity contribution in [3.05, 3.63) is 194 Å². The zero-order chi connectivity index (χ0) is 36.6. The van der Waals surface area contributed by atoms with Crippen LogP contribution in [0.5, 0.6) is 0 Å². The predicted molar refractivity (Wildman–Crippen MR) is 221 cm³/mol. The number of fused-ring (bicyclic) bond motifs is 2. The van der Waals surface area contributed by atoms with Crippen molar-refractivity contribution >= 4 is 39.3 Å². The third-order valence-corrected chi connectivity index (χ3v) is 9.76. The number of oxazole rings is 2. The first kappa shape index (κ1) is 32.1. The van der Waals surface area contributed by atoms with Gasteiger partial charge in [0.15, 0.2) is 11.2 Å². The summed E-state index contributed by atoms with van der Waals surface area (Å²) in [5, 5.41) is 0. The molecule has 3 aromatic heterocycles. The van der Waals surface area contributed by atoms with E-state index >= 15 is 0 Å². The average molecular weight is 709 g/mol. The normalized spacial score (nSPS) is 11.3. The van der Waals surface area contributed by atoms with Gasteiger partial charge in [0.2, 0.25) is 11.8 Å². The van der Waals surface area contributed by atoms with E-state index in [1.165, 1.54) is 0 Å². The predicted octanol–water partition coefficient (Wildman–Crippen LogP) is 13.2. The van der Waals surface area contributed by atoms with Crippen molar-refractivity contribution in [2.45, 2.75) is 0 Å². The van der Waals surface area contributed by atoms with Crippen molar-refractivity contribution in [3.8, 4) is 56.6 Å². The van der Waals surface area contributed by atoms with Crippen LogP contribution in [0.15, 0.2) is 203 Å². The molecule has 0 bridgehead atoms. The molecule has 260 valence electrons. The van der Waals surface area contributed by atoms with Crippen molar-refractivity contribution in [2.75, 3.05) is 4.90 Å². The Morgan fingerprint density at radius 2 is 0.691 bits per heavy atom. The number of benzene rings is 7. The van der Waals surface area contributed by atoms with E-state index in [0.717, 1.165) is 84.0 Å². The second-order valence-electron chi connectivity index (χ2n) is 13.3. The minimum absolute atomic E-state index is 0.592. The van der Waals surface area contributed by atoms with Crippen molar-refractivity contribution in [3.63, 3.8) is 0 Å². The lowest BCUT2D eigenvalue weighted by molar-refractivity contribution is 0.619. The Labute approximate surface area is 317 Å². The summed E-state index contributed by atoms with van der Waals surface area (Å²) in [4.78, 5) is 16.9. The molecule has 0 radical (unpaired) electrons. The third kappa shape index (κ3) is 6.32. The van der Waals surface area contributed by atoms with E-state index in [4.69, 9.17) is 23.8 Å². The van der Waals surface area contributed by atoms with Crippen LogP contribution in [-0.4, -0.2) is 15.0 Å². The molecular weight excluding hydrogens is 677 g/mol. The fourth-order valence-corrected chi connectivity index (χ4v) is 6.96. The Morgan fingerprint density at radius 1 is 0.309 bits per heavy atom. The van der Waals surface area contributed by atoms with E-state index < -0.39 is 0 Å². The smallest absolute Gasteiger partial charge is 0.227 e. The van der Waals surface area contributed by atoms with Crippen molar-refractivity contribution in [2.24, 2.45) is 0 Å². The van der Waals surface area contributed by atoms with Gasteiger partial charge in [-0.2, -0.15) is 0 Å². The summed E-state index contributed by atoms with van der Waals surface area (Å²) in [6, 6.07) is 66.1. The molecule has 7 aromatic carbocycles. The molecule has 0 N–H and O–H groups in total. The number of hydrogen-bond donors (Lipinski definition) is 0. The van der Waals surface area contributed by atoms with E-state index in [1.54, 1.807) is 0 Å². The summed E-state index contributed by atoms with van der Waals surface area (Å²) in [6.07, 6.45) is 0. The minimum atomic E-state index is 0.592. The molecule has 0 saturated heterocycles. The second-order valence-corrected chi connectivity index (χ2v) is 13.3. The highest BCUT2D eigenvalue weighted by Gasteiger charge is 2.15. The zero-order valence-electron chi connectivity index (χ0n) is 29.6.